The molecule has 0 aliphatic carbocycles. The molecule has 1 aliphatic rings. The molecule has 3 nitrogen and oxygen atoms in total. The van der Waals surface area contributed by atoms with Gasteiger partial charge in [-0.15, -0.1) is 0 Å². The van der Waals surface area contributed by atoms with Crippen LogP contribution >= 0.6 is 0 Å². The SMILES string of the molecule is CCC(CO)N1CCCCC1=O. The van der Waals surface area contributed by atoms with Crippen LogP contribution in [0.25, 0.3) is 0 Å². The molecule has 1 unspecified atom stereocenters. The first kappa shape index (κ1) is 9.52. The van der Waals surface area contributed by atoms with Crippen LogP contribution in [-0.2, 0) is 4.79 Å². The lowest BCUT2D eigenvalue weighted by Crippen LogP contribution is -2.44. The minimum atomic E-state index is 0.0535. The highest BCUT2D eigenvalue weighted by molar-refractivity contribution is 5.77. The summed E-state index contributed by atoms with van der Waals surface area (Å²) in [5.41, 5.74) is 0. The van der Waals surface area contributed by atoms with Crippen molar-refractivity contribution in [1.29, 1.82) is 0 Å². The maximum absolute atomic E-state index is 11.4. The molecule has 1 saturated heterocycles. The molecule has 1 atom stereocenters. The molecule has 12 heavy (non-hydrogen) atoms. The summed E-state index contributed by atoms with van der Waals surface area (Å²) >= 11 is 0. The molecule has 1 fully saturated rings. The molecule has 0 saturated carbocycles. The number of piperidine rings is 1. The van der Waals surface area contributed by atoms with E-state index >= 15 is 0 Å². The van der Waals surface area contributed by atoms with Gasteiger partial charge in [-0.3, -0.25) is 4.79 Å². The number of carbonyl (C=O) groups is 1. The summed E-state index contributed by atoms with van der Waals surface area (Å²) in [6.07, 6.45) is 3.61. The van der Waals surface area contributed by atoms with E-state index in [1.54, 1.807) is 0 Å². The number of hydrogen-bond donors (Lipinski definition) is 1. The van der Waals surface area contributed by atoms with Crippen LogP contribution in [0.4, 0.5) is 0 Å². The van der Waals surface area contributed by atoms with E-state index in [1.165, 1.54) is 0 Å². The van der Waals surface area contributed by atoms with Crippen molar-refractivity contribution in [3.05, 3.63) is 0 Å². The topological polar surface area (TPSA) is 40.5 Å². The summed E-state index contributed by atoms with van der Waals surface area (Å²) in [6, 6.07) is 0.0535. The Labute approximate surface area is 73.4 Å². The summed E-state index contributed by atoms with van der Waals surface area (Å²) in [5, 5.41) is 9.00. The second-order valence-corrected chi connectivity index (χ2v) is 3.29. The van der Waals surface area contributed by atoms with E-state index in [4.69, 9.17) is 5.11 Å². The van der Waals surface area contributed by atoms with Crippen molar-refractivity contribution < 1.29 is 9.90 Å². The van der Waals surface area contributed by atoms with Gasteiger partial charge in [0.05, 0.1) is 12.6 Å². The Morgan fingerprint density at radius 3 is 2.83 bits per heavy atom. The van der Waals surface area contributed by atoms with Crippen molar-refractivity contribution in [2.24, 2.45) is 0 Å². The summed E-state index contributed by atoms with van der Waals surface area (Å²) < 4.78 is 0. The van der Waals surface area contributed by atoms with Crippen molar-refractivity contribution in [2.75, 3.05) is 13.2 Å². The average Bonchev–Trinajstić information content (AvgIpc) is 2.10. The maximum atomic E-state index is 11.4. The summed E-state index contributed by atoms with van der Waals surface area (Å²) in [7, 11) is 0. The normalized spacial score (nSPS) is 21.2. The van der Waals surface area contributed by atoms with Crippen molar-refractivity contribution in [3.63, 3.8) is 0 Å². The van der Waals surface area contributed by atoms with Gasteiger partial charge in [0.15, 0.2) is 0 Å². The number of carbonyl (C=O) groups excluding carboxylic acids is 1. The van der Waals surface area contributed by atoms with Crippen LogP contribution in [0.1, 0.15) is 32.6 Å². The molecule has 0 spiro atoms. The molecule has 3 heteroatoms. The first-order valence-corrected chi connectivity index (χ1v) is 4.70. The van der Waals surface area contributed by atoms with Gasteiger partial charge in [-0.25, -0.2) is 0 Å². The second kappa shape index (κ2) is 4.45. The maximum Gasteiger partial charge on any atom is 0.222 e. The second-order valence-electron chi connectivity index (χ2n) is 3.29. The predicted octanol–water partition coefficient (Wildman–Crippen LogP) is 0.770. The van der Waals surface area contributed by atoms with Crippen molar-refractivity contribution in [1.82, 2.24) is 4.90 Å². The smallest absolute Gasteiger partial charge is 0.222 e. The van der Waals surface area contributed by atoms with Gasteiger partial charge in [-0.1, -0.05) is 6.92 Å². The Balaban J connectivity index is 2.51. The van der Waals surface area contributed by atoms with Crippen LogP contribution < -0.4 is 0 Å². The van der Waals surface area contributed by atoms with Gasteiger partial charge in [0.1, 0.15) is 0 Å². The standard InChI is InChI=1S/C9H17NO2/c1-2-8(7-11)10-6-4-3-5-9(10)12/h8,11H,2-7H2,1H3. The Morgan fingerprint density at radius 2 is 2.33 bits per heavy atom. The zero-order valence-electron chi connectivity index (χ0n) is 7.62. The molecule has 1 heterocycles. The first-order valence-electron chi connectivity index (χ1n) is 4.70. The number of amides is 1. The van der Waals surface area contributed by atoms with E-state index in [9.17, 15) is 4.79 Å². The number of rotatable bonds is 3. The van der Waals surface area contributed by atoms with Gasteiger partial charge in [-0.2, -0.15) is 0 Å². The van der Waals surface area contributed by atoms with Gasteiger partial charge >= 0.3 is 0 Å². The third kappa shape index (κ3) is 1.97. The average molecular weight is 171 g/mol. The monoisotopic (exact) mass is 171 g/mol. The molecular weight excluding hydrogens is 154 g/mol. The fourth-order valence-electron chi connectivity index (χ4n) is 1.66. The quantitative estimate of drug-likeness (QED) is 0.681. The fourth-order valence-corrected chi connectivity index (χ4v) is 1.66. The largest absolute Gasteiger partial charge is 0.394 e. The van der Waals surface area contributed by atoms with Crippen LogP contribution in [0.5, 0.6) is 0 Å². The zero-order valence-corrected chi connectivity index (χ0v) is 7.62. The lowest BCUT2D eigenvalue weighted by Gasteiger charge is -2.33. The number of aliphatic hydroxyl groups is 1. The Kier molecular flexibility index (Phi) is 3.53. The van der Waals surface area contributed by atoms with Crippen LogP contribution in [0, 0.1) is 0 Å². The minimum Gasteiger partial charge on any atom is -0.394 e. The van der Waals surface area contributed by atoms with Gasteiger partial charge in [0.2, 0.25) is 5.91 Å². The highest BCUT2D eigenvalue weighted by atomic mass is 16.3. The molecule has 1 aliphatic heterocycles. The summed E-state index contributed by atoms with van der Waals surface area (Å²) in [4.78, 5) is 13.2. The van der Waals surface area contributed by atoms with Gasteiger partial charge in [0.25, 0.3) is 0 Å². The van der Waals surface area contributed by atoms with E-state index in [0.717, 1.165) is 25.8 Å². The van der Waals surface area contributed by atoms with E-state index < -0.39 is 0 Å². The number of hydrogen-bond acceptors (Lipinski definition) is 2. The number of nitrogens with zero attached hydrogens (tertiary/aromatic N) is 1. The van der Waals surface area contributed by atoms with E-state index in [-0.39, 0.29) is 18.6 Å². The lowest BCUT2D eigenvalue weighted by atomic mass is 10.1. The summed E-state index contributed by atoms with van der Waals surface area (Å²) in [5.74, 6) is 0.210. The van der Waals surface area contributed by atoms with E-state index in [1.807, 2.05) is 11.8 Å². The van der Waals surface area contributed by atoms with Crippen molar-refractivity contribution in [2.45, 2.75) is 38.6 Å². The van der Waals surface area contributed by atoms with E-state index in [2.05, 4.69) is 0 Å². The van der Waals surface area contributed by atoms with Crippen molar-refractivity contribution >= 4 is 5.91 Å². The molecule has 1 N–H and O–H groups in total. The third-order valence-electron chi connectivity index (χ3n) is 2.48. The Bertz CT molecular complexity index is 155. The van der Waals surface area contributed by atoms with Crippen LogP contribution in [-0.4, -0.2) is 35.1 Å². The molecule has 70 valence electrons. The molecule has 0 aromatic rings. The predicted molar refractivity (Wildman–Crippen MR) is 46.7 cm³/mol. The first-order chi connectivity index (χ1) is 5.79. The van der Waals surface area contributed by atoms with Crippen LogP contribution in [0.15, 0.2) is 0 Å². The number of likely N-dealkylation sites (tertiary alicyclic amines) is 1. The lowest BCUT2D eigenvalue weighted by molar-refractivity contribution is -0.136. The molecule has 1 rings (SSSR count). The van der Waals surface area contributed by atoms with Crippen LogP contribution in [0.3, 0.4) is 0 Å². The van der Waals surface area contributed by atoms with Gasteiger partial charge in [-0.05, 0) is 19.3 Å². The molecular formula is C9H17NO2. The van der Waals surface area contributed by atoms with Crippen LogP contribution in [0.2, 0.25) is 0 Å². The minimum absolute atomic E-state index is 0.0535. The molecule has 0 bridgehead atoms. The summed E-state index contributed by atoms with van der Waals surface area (Å²) in [6.45, 7) is 2.93. The molecule has 0 aromatic carbocycles. The van der Waals surface area contributed by atoms with E-state index in [0.29, 0.717) is 6.42 Å². The molecule has 0 aromatic heterocycles. The highest BCUT2D eigenvalue weighted by Gasteiger charge is 2.23. The Morgan fingerprint density at radius 1 is 1.58 bits per heavy atom. The van der Waals surface area contributed by atoms with Crippen molar-refractivity contribution in [3.8, 4) is 0 Å². The zero-order chi connectivity index (χ0) is 8.97. The molecule has 1 amide bonds. The van der Waals surface area contributed by atoms with Gasteiger partial charge in [0, 0.05) is 13.0 Å². The molecule has 0 radical (unpaired) electrons. The third-order valence-corrected chi connectivity index (χ3v) is 2.48. The fraction of sp³-hybridized carbons (Fsp3) is 0.889. The Hall–Kier alpha value is -0.570. The highest BCUT2D eigenvalue weighted by Crippen LogP contribution is 2.14. The van der Waals surface area contributed by atoms with Gasteiger partial charge < -0.3 is 10.0 Å². The number of aliphatic hydroxyl groups excluding tert-OH is 1.